The summed E-state index contributed by atoms with van der Waals surface area (Å²) < 4.78 is 0. The van der Waals surface area contributed by atoms with Crippen LogP contribution in [0.3, 0.4) is 0 Å². The molecule has 1 fully saturated rings. The lowest BCUT2D eigenvalue weighted by Gasteiger charge is -2.28. The van der Waals surface area contributed by atoms with Gasteiger partial charge in [0.05, 0.1) is 0 Å². The third-order valence-electron chi connectivity index (χ3n) is 3.40. The van der Waals surface area contributed by atoms with E-state index < -0.39 is 0 Å². The Balaban J connectivity index is 2.12. The number of nitrogens with zero attached hydrogens (tertiary/aromatic N) is 3. The van der Waals surface area contributed by atoms with Gasteiger partial charge in [0.15, 0.2) is 0 Å². The SMILES string of the molecule is CN1CCCN(Cc2ccncc2)C(CN)C1=O. The molecule has 1 aromatic heterocycles. The van der Waals surface area contributed by atoms with Crippen LogP contribution in [-0.4, -0.2) is 53.4 Å². The van der Waals surface area contributed by atoms with E-state index in [0.717, 1.165) is 26.1 Å². The molecule has 1 aliphatic rings. The fraction of sp³-hybridized carbons (Fsp3) is 0.538. The molecule has 1 saturated heterocycles. The van der Waals surface area contributed by atoms with Crippen molar-refractivity contribution in [2.75, 3.05) is 26.7 Å². The van der Waals surface area contributed by atoms with Crippen LogP contribution in [-0.2, 0) is 11.3 Å². The molecule has 0 radical (unpaired) electrons. The summed E-state index contributed by atoms with van der Waals surface area (Å²) in [5.74, 6) is 0.129. The number of likely N-dealkylation sites (N-methyl/N-ethyl adjacent to an activating group) is 1. The summed E-state index contributed by atoms with van der Waals surface area (Å²) in [7, 11) is 1.85. The maximum atomic E-state index is 12.2. The second-order valence-corrected chi connectivity index (χ2v) is 4.69. The van der Waals surface area contributed by atoms with Crippen LogP contribution in [0.1, 0.15) is 12.0 Å². The normalized spacial score (nSPS) is 22.0. The second kappa shape index (κ2) is 5.93. The first kappa shape index (κ1) is 13.0. The quantitative estimate of drug-likeness (QED) is 0.822. The van der Waals surface area contributed by atoms with Gasteiger partial charge >= 0.3 is 0 Å². The van der Waals surface area contributed by atoms with E-state index in [1.807, 2.05) is 19.2 Å². The maximum Gasteiger partial charge on any atom is 0.240 e. The van der Waals surface area contributed by atoms with Gasteiger partial charge in [0.1, 0.15) is 6.04 Å². The van der Waals surface area contributed by atoms with Gasteiger partial charge in [-0.1, -0.05) is 0 Å². The molecule has 1 atom stereocenters. The fourth-order valence-electron chi connectivity index (χ4n) is 2.35. The third kappa shape index (κ3) is 2.86. The topological polar surface area (TPSA) is 62.5 Å². The van der Waals surface area contributed by atoms with Crippen LogP contribution in [0.5, 0.6) is 0 Å². The minimum Gasteiger partial charge on any atom is -0.344 e. The molecule has 18 heavy (non-hydrogen) atoms. The van der Waals surface area contributed by atoms with Gasteiger partial charge in [-0.05, 0) is 24.1 Å². The standard InChI is InChI=1S/C13H20N4O/c1-16-7-2-8-17(12(9-14)13(16)18)10-11-3-5-15-6-4-11/h3-6,12H,2,7-10,14H2,1H3. The van der Waals surface area contributed by atoms with Crippen LogP contribution in [0.15, 0.2) is 24.5 Å². The van der Waals surface area contributed by atoms with E-state index in [2.05, 4.69) is 9.88 Å². The van der Waals surface area contributed by atoms with Crippen LogP contribution in [0.4, 0.5) is 0 Å². The zero-order valence-electron chi connectivity index (χ0n) is 10.7. The largest absolute Gasteiger partial charge is 0.344 e. The highest BCUT2D eigenvalue weighted by atomic mass is 16.2. The zero-order valence-corrected chi connectivity index (χ0v) is 10.7. The number of hydrogen-bond donors (Lipinski definition) is 1. The molecule has 1 aliphatic heterocycles. The Bertz CT molecular complexity index is 395. The van der Waals surface area contributed by atoms with E-state index >= 15 is 0 Å². The van der Waals surface area contributed by atoms with E-state index in [-0.39, 0.29) is 11.9 Å². The minimum absolute atomic E-state index is 0.129. The van der Waals surface area contributed by atoms with Gasteiger partial charge in [0.2, 0.25) is 5.91 Å². The Hall–Kier alpha value is -1.46. The summed E-state index contributed by atoms with van der Waals surface area (Å²) in [6.45, 7) is 2.83. The van der Waals surface area contributed by atoms with Crippen LogP contribution in [0, 0.1) is 0 Å². The van der Waals surface area contributed by atoms with Crippen molar-refractivity contribution >= 4 is 5.91 Å². The van der Waals surface area contributed by atoms with Crippen molar-refractivity contribution in [2.45, 2.75) is 19.0 Å². The molecule has 2 N–H and O–H groups in total. The number of hydrogen-bond acceptors (Lipinski definition) is 4. The molecule has 0 aromatic carbocycles. The fourth-order valence-corrected chi connectivity index (χ4v) is 2.35. The van der Waals surface area contributed by atoms with Gasteiger partial charge in [-0.25, -0.2) is 0 Å². The van der Waals surface area contributed by atoms with Crippen molar-refractivity contribution in [1.82, 2.24) is 14.8 Å². The van der Waals surface area contributed by atoms with Crippen LogP contribution in [0.2, 0.25) is 0 Å². The van der Waals surface area contributed by atoms with Crippen molar-refractivity contribution in [2.24, 2.45) is 5.73 Å². The van der Waals surface area contributed by atoms with Crippen molar-refractivity contribution in [3.8, 4) is 0 Å². The van der Waals surface area contributed by atoms with Gasteiger partial charge in [0, 0.05) is 45.6 Å². The first-order chi connectivity index (χ1) is 8.72. The Kier molecular flexibility index (Phi) is 4.28. The highest BCUT2D eigenvalue weighted by Crippen LogP contribution is 2.13. The molecule has 1 aromatic rings. The number of pyridine rings is 1. The highest BCUT2D eigenvalue weighted by molar-refractivity contribution is 5.82. The first-order valence-electron chi connectivity index (χ1n) is 6.30. The molecule has 2 rings (SSSR count). The number of amides is 1. The van der Waals surface area contributed by atoms with Crippen molar-refractivity contribution < 1.29 is 4.79 Å². The molecular weight excluding hydrogens is 228 g/mol. The molecule has 0 spiro atoms. The van der Waals surface area contributed by atoms with Gasteiger partial charge in [-0.2, -0.15) is 0 Å². The molecule has 98 valence electrons. The Morgan fingerprint density at radius 1 is 1.39 bits per heavy atom. The molecule has 2 heterocycles. The summed E-state index contributed by atoms with van der Waals surface area (Å²) >= 11 is 0. The first-order valence-corrected chi connectivity index (χ1v) is 6.30. The predicted molar refractivity (Wildman–Crippen MR) is 69.7 cm³/mol. The van der Waals surface area contributed by atoms with E-state index in [1.165, 1.54) is 5.56 Å². The van der Waals surface area contributed by atoms with Gasteiger partial charge in [-0.15, -0.1) is 0 Å². The summed E-state index contributed by atoms with van der Waals surface area (Å²) in [5, 5.41) is 0. The summed E-state index contributed by atoms with van der Waals surface area (Å²) in [6.07, 6.45) is 4.54. The van der Waals surface area contributed by atoms with E-state index in [1.54, 1.807) is 17.3 Å². The number of rotatable bonds is 3. The highest BCUT2D eigenvalue weighted by Gasteiger charge is 2.29. The number of carbonyl (C=O) groups is 1. The van der Waals surface area contributed by atoms with E-state index in [0.29, 0.717) is 6.54 Å². The lowest BCUT2D eigenvalue weighted by Crippen LogP contribution is -2.48. The third-order valence-corrected chi connectivity index (χ3v) is 3.40. The molecule has 0 bridgehead atoms. The Labute approximate surface area is 108 Å². The van der Waals surface area contributed by atoms with E-state index in [4.69, 9.17) is 5.73 Å². The molecule has 0 saturated carbocycles. The van der Waals surface area contributed by atoms with Gasteiger partial charge < -0.3 is 10.6 Å². The summed E-state index contributed by atoms with van der Waals surface area (Å²) in [4.78, 5) is 20.1. The zero-order chi connectivity index (χ0) is 13.0. The van der Waals surface area contributed by atoms with Crippen molar-refractivity contribution in [3.63, 3.8) is 0 Å². The monoisotopic (exact) mass is 248 g/mol. The van der Waals surface area contributed by atoms with Gasteiger partial charge in [-0.3, -0.25) is 14.7 Å². The number of carbonyl (C=O) groups excluding carboxylic acids is 1. The molecule has 5 heteroatoms. The average Bonchev–Trinajstić information content (AvgIpc) is 2.51. The smallest absolute Gasteiger partial charge is 0.240 e. The Morgan fingerprint density at radius 3 is 2.78 bits per heavy atom. The van der Waals surface area contributed by atoms with Crippen molar-refractivity contribution in [1.29, 1.82) is 0 Å². The summed E-state index contributed by atoms with van der Waals surface area (Å²) in [6, 6.07) is 3.75. The summed E-state index contributed by atoms with van der Waals surface area (Å²) in [5.41, 5.74) is 6.94. The molecule has 1 unspecified atom stereocenters. The molecule has 1 amide bonds. The molecule has 5 nitrogen and oxygen atoms in total. The van der Waals surface area contributed by atoms with Crippen LogP contribution in [0.25, 0.3) is 0 Å². The minimum atomic E-state index is -0.203. The second-order valence-electron chi connectivity index (χ2n) is 4.69. The number of nitrogens with two attached hydrogens (primary N) is 1. The van der Waals surface area contributed by atoms with Crippen LogP contribution < -0.4 is 5.73 Å². The lowest BCUT2D eigenvalue weighted by atomic mass is 10.2. The maximum absolute atomic E-state index is 12.2. The van der Waals surface area contributed by atoms with Crippen LogP contribution >= 0.6 is 0 Å². The lowest BCUT2D eigenvalue weighted by molar-refractivity contribution is -0.133. The molecular formula is C13H20N4O. The molecule has 0 aliphatic carbocycles. The predicted octanol–water partition coefficient (Wildman–Crippen LogP) is 0.0730. The van der Waals surface area contributed by atoms with E-state index in [9.17, 15) is 4.79 Å². The Morgan fingerprint density at radius 2 is 2.11 bits per heavy atom. The average molecular weight is 248 g/mol. The van der Waals surface area contributed by atoms with Crippen molar-refractivity contribution in [3.05, 3.63) is 30.1 Å². The number of aromatic nitrogens is 1. The van der Waals surface area contributed by atoms with Gasteiger partial charge in [0.25, 0.3) is 0 Å².